The van der Waals surface area contributed by atoms with Crippen LogP contribution in [-0.4, -0.2) is 172 Å². The summed E-state index contributed by atoms with van der Waals surface area (Å²) in [5, 5.41) is 17.0. The number of aryl methyl sites for hydroxylation is 1. The van der Waals surface area contributed by atoms with Crippen LogP contribution in [0.1, 0.15) is 122 Å². The number of piperazine rings is 1. The number of likely N-dealkylation sites (tertiary alicyclic amines) is 1. The predicted molar refractivity (Wildman–Crippen MR) is 310 cm³/mol. The Morgan fingerprint density at radius 1 is 0.938 bits per heavy atom. The minimum Gasteiger partial charge on any atom is -0.468 e. The van der Waals surface area contributed by atoms with E-state index >= 15 is 0 Å². The fourth-order valence-corrected chi connectivity index (χ4v) is 13.2. The van der Waals surface area contributed by atoms with Gasteiger partial charge in [0.05, 0.1) is 59.0 Å². The van der Waals surface area contributed by atoms with E-state index in [0.717, 1.165) is 70.8 Å². The molecule has 7 heterocycles. The lowest BCUT2D eigenvalue weighted by molar-refractivity contribution is -0.151. The van der Waals surface area contributed by atoms with Crippen LogP contribution in [0.5, 0.6) is 0 Å². The Balaban J connectivity index is 1.20. The number of hydrogen-bond donors (Lipinski definition) is 3. The van der Waals surface area contributed by atoms with Crippen molar-refractivity contribution in [3.05, 3.63) is 58.4 Å². The zero-order valence-electron chi connectivity index (χ0n) is 49.0. The number of carbonyl (C=O) groups is 5. The summed E-state index contributed by atoms with van der Waals surface area (Å²) in [5.74, 6) is -2.87. The first-order valence-corrected chi connectivity index (χ1v) is 29.5. The van der Waals surface area contributed by atoms with E-state index < -0.39 is 65.0 Å². The van der Waals surface area contributed by atoms with E-state index in [2.05, 4.69) is 70.1 Å². The zero-order chi connectivity index (χ0) is 57.5. The van der Waals surface area contributed by atoms with E-state index in [4.69, 9.17) is 24.2 Å². The van der Waals surface area contributed by atoms with E-state index in [1.165, 1.54) is 41.2 Å². The van der Waals surface area contributed by atoms with Crippen LogP contribution in [0.3, 0.4) is 0 Å². The molecule has 4 aliphatic heterocycles. The van der Waals surface area contributed by atoms with Gasteiger partial charge in [0, 0.05) is 101 Å². The van der Waals surface area contributed by atoms with Crippen molar-refractivity contribution < 1.29 is 43.3 Å². The molecule has 0 spiro atoms. The summed E-state index contributed by atoms with van der Waals surface area (Å²) >= 11 is 1.42. The standard InChI is InChI=1S/C60H84N10O9S/c1-13-68-48-19-16-37(29-41(48)43(32-60(8,9)34-71)52(68)42-30-39(33-61-50(42)36(4)77-11)67-27-25-66(26-28-67)38-17-18-38)54-63-45-31-46(56(74)70-23-14-15-44(64-70)57(75)78-12)62-53(72)51(35(2)3)65(10)55(73)40-22-24-69(58(76)79-59(5,6)7)47(40)20-21-49(45)80-54/h16,19-21,29-30,33,35-36,38,40,44,46-47,51,64,71H,13-15,17-18,22-28,31-32,34H2,1-12H3,(H,62,72)/t36-,40-,44-,46-,47+,51-/m0/s1. The number of benzene rings is 1. The number of pyridine rings is 1. The molecular weight excluding hydrogens is 1040 g/mol. The number of fused-ring (bicyclic) bond motifs is 3. The van der Waals surface area contributed by atoms with E-state index in [-0.39, 0.29) is 44.0 Å². The van der Waals surface area contributed by atoms with Gasteiger partial charge in [-0.15, -0.1) is 11.3 Å². The van der Waals surface area contributed by atoms with Gasteiger partial charge in [-0.3, -0.25) is 34.1 Å². The number of hydrazine groups is 1. The Morgan fingerprint density at radius 3 is 2.33 bits per heavy atom. The third-order valence-corrected chi connectivity index (χ3v) is 17.8. The van der Waals surface area contributed by atoms with Crippen LogP contribution < -0.4 is 15.6 Å². The third kappa shape index (κ3) is 12.3. The summed E-state index contributed by atoms with van der Waals surface area (Å²) in [5.41, 5.74) is 9.06. The van der Waals surface area contributed by atoms with Crippen LogP contribution in [0.25, 0.3) is 38.8 Å². The lowest BCUT2D eigenvalue weighted by Crippen LogP contribution is -2.62. The molecule has 1 saturated carbocycles. The Kier molecular flexibility index (Phi) is 17.5. The first-order valence-electron chi connectivity index (χ1n) is 28.7. The zero-order valence-corrected chi connectivity index (χ0v) is 49.8. The molecule has 0 bridgehead atoms. The molecule has 80 heavy (non-hydrogen) atoms. The average Bonchev–Trinajstić information content (AvgIpc) is 3.98. The van der Waals surface area contributed by atoms with Gasteiger partial charge in [0.15, 0.2) is 0 Å². The highest BCUT2D eigenvalue weighted by Gasteiger charge is 2.46. The molecule has 4 fully saturated rings. The second-order valence-electron chi connectivity index (χ2n) is 24.5. The summed E-state index contributed by atoms with van der Waals surface area (Å²) in [6.07, 6.45) is 9.27. The average molecular weight is 1120 g/mol. The summed E-state index contributed by atoms with van der Waals surface area (Å²) in [6.45, 7) is 22.5. The number of thiazole rings is 1. The highest BCUT2D eigenvalue weighted by Crippen LogP contribution is 2.44. The molecule has 434 valence electrons. The van der Waals surface area contributed by atoms with E-state index in [9.17, 15) is 29.1 Å². The number of amides is 4. The third-order valence-electron chi connectivity index (χ3n) is 16.6. The topological polar surface area (TPSA) is 204 Å². The van der Waals surface area contributed by atoms with Crippen molar-refractivity contribution in [1.82, 2.24) is 45.0 Å². The molecular formula is C60H84N10O9S. The Hall–Kier alpha value is -5.93. The van der Waals surface area contributed by atoms with E-state index in [1.54, 1.807) is 39.8 Å². The van der Waals surface area contributed by atoms with Crippen LogP contribution in [0, 0.1) is 17.3 Å². The van der Waals surface area contributed by atoms with Crippen LogP contribution >= 0.6 is 11.3 Å². The molecule has 3 aromatic heterocycles. The van der Waals surface area contributed by atoms with Gasteiger partial charge in [0.1, 0.15) is 28.7 Å². The lowest BCUT2D eigenvalue weighted by atomic mass is 9.84. The summed E-state index contributed by atoms with van der Waals surface area (Å²) in [4.78, 5) is 90.7. The fourth-order valence-electron chi connectivity index (χ4n) is 12.2. The van der Waals surface area contributed by atoms with Gasteiger partial charge in [-0.1, -0.05) is 33.8 Å². The van der Waals surface area contributed by atoms with Crippen molar-refractivity contribution >= 4 is 63.8 Å². The van der Waals surface area contributed by atoms with Crippen molar-refractivity contribution in [3.63, 3.8) is 0 Å². The second kappa shape index (κ2) is 23.9. The van der Waals surface area contributed by atoms with Gasteiger partial charge in [0.25, 0.3) is 5.91 Å². The number of aliphatic hydroxyl groups is 1. The smallest absolute Gasteiger partial charge is 0.410 e. The number of likely N-dealkylation sites (N-methyl/N-ethyl adjacent to an activating group) is 1. The van der Waals surface area contributed by atoms with Gasteiger partial charge < -0.3 is 43.9 Å². The van der Waals surface area contributed by atoms with Crippen LogP contribution in [-0.2, 0) is 52.8 Å². The lowest BCUT2D eigenvalue weighted by Gasteiger charge is -2.36. The number of anilines is 1. The number of aromatic nitrogens is 3. The maximum Gasteiger partial charge on any atom is 0.410 e. The van der Waals surface area contributed by atoms with Crippen molar-refractivity contribution in [1.29, 1.82) is 0 Å². The Labute approximate surface area is 475 Å². The first-order chi connectivity index (χ1) is 38.0. The minimum atomic E-state index is -1.18. The number of esters is 1. The maximum atomic E-state index is 15.0. The molecule has 6 atom stereocenters. The number of ether oxygens (including phenoxy) is 3. The van der Waals surface area contributed by atoms with Gasteiger partial charge in [-0.2, -0.15) is 0 Å². The number of methoxy groups -OCH3 is 2. The quantitative estimate of drug-likeness (QED) is 0.113. The first kappa shape index (κ1) is 58.7. The van der Waals surface area contributed by atoms with Gasteiger partial charge >= 0.3 is 12.1 Å². The van der Waals surface area contributed by atoms with Crippen molar-refractivity contribution in [2.24, 2.45) is 17.3 Å². The summed E-state index contributed by atoms with van der Waals surface area (Å²) < 4.78 is 19.3. The molecule has 3 saturated heterocycles. The largest absolute Gasteiger partial charge is 0.468 e. The Bertz CT molecular complexity index is 2990. The number of carbonyl (C=O) groups excluding carboxylic acids is 5. The van der Waals surface area contributed by atoms with Gasteiger partial charge in [-0.05, 0) is 120 Å². The molecule has 3 N–H and O–H groups in total. The highest BCUT2D eigenvalue weighted by atomic mass is 32.1. The molecule has 4 aromatic rings. The van der Waals surface area contributed by atoms with E-state index in [0.29, 0.717) is 53.8 Å². The fraction of sp³-hybridized carbons (Fsp3) is 0.617. The van der Waals surface area contributed by atoms with Crippen LogP contribution in [0.2, 0.25) is 0 Å². The summed E-state index contributed by atoms with van der Waals surface area (Å²) in [6, 6.07) is 5.71. The minimum absolute atomic E-state index is 0.0395. The summed E-state index contributed by atoms with van der Waals surface area (Å²) in [7, 11) is 4.62. The van der Waals surface area contributed by atoms with Crippen molar-refractivity contribution in [2.75, 3.05) is 72.0 Å². The Morgan fingerprint density at radius 2 is 1.68 bits per heavy atom. The number of nitrogens with one attached hydrogen (secondary N) is 2. The number of hydrogen-bond acceptors (Lipinski definition) is 15. The molecule has 5 aliphatic rings. The molecule has 19 nitrogen and oxygen atoms in total. The normalized spacial score (nSPS) is 23.1. The second-order valence-corrected chi connectivity index (χ2v) is 25.6. The monoisotopic (exact) mass is 1120 g/mol. The van der Waals surface area contributed by atoms with Gasteiger partial charge in [-0.25, -0.2) is 15.2 Å². The molecule has 0 unspecified atom stereocenters. The maximum absolute atomic E-state index is 15.0. The molecule has 20 heteroatoms. The molecule has 0 radical (unpaired) electrons. The molecule has 9 rings (SSSR count). The highest BCUT2D eigenvalue weighted by molar-refractivity contribution is 7.16. The van der Waals surface area contributed by atoms with E-state index in [1.807, 2.05) is 39.1 Å². The number of rotatable bonds is 13. The van der Waals surface area contributed by atoms with Gasteiger partial charge in [0.2, 0.25) is 11.8 Å². The van der Waals surface area contributed by atoms with Crippen molar-refractivity contribution in [2.45, 2.75) is 156 Å². The van der Waals surface area contributed by atoms with Crippen LogP contribution in [0.4, 0.5) is 10.5 Å². The SMILES string of the molecule is CCn1c(-c2cc(N3CCN(C4CC4)CC3)cnc2[C@H](C)OC)c(CC(C)(C)CO)c2cc(-c3nc4c(s3)C=C[C@@H]3[C@H](CCN3C(=O)OC(C)(C)C)C(=O)N(C)[C@@H](C(C)C)C(=O)N[C@H](C(=O)N3CCC[C@@H](C(=O)OC)N3)C4)ccc21. The molecule has 4 amide bonds. The predicted octanol–water partition coefficient (Wildman–Crippen LogP) is 7.23. The molecule has 1 aliphatic carbocycles. The number of aliphatic hydroxyl groups excluding tert-OH is 1. The van der Waals surface area contributed by atoms with Crippen molar-refractivity contribution in [3.8, 4) is 21.8 Å². The van der Waals surface area contributed by atoms with Crippen LogP contribution in [0.15, 0.2) is 36.5 Å². The molecule has 1 aromatic carbocycles. The number of nitrogens with zero attached hydrogens (tertiary/aromatic N) is 8.